The van der Waals surface area contributed by atoms with Gasteiger partial charge in [-0.1, -0.05) is 28.1 Å². The van der Waals surface area contributed by atoms with Crippen molar-refractivity contribution in [3.05, 3.63) is 57.8 Å². The van der Waals surface area contributed by atoms with Crippen LogP contribution in [0.1, 0.15) is 15.9 Å². The number of ether oxygens (including phenoxy) is 1. The van der Waals surface area contributed by atoms with E-state index >= 15 is 0 Å². The van der Waals surface area contributed by atoms with Gasteiger partial charge in [0.25, 0.3) is 0 Å². The van der Waals surface area contributed by atoms with Crippen molar-refractivity contribution in [2.24, 2.45) is 0 Å². The van der Waals surface area contributed by atoms with Crippen molar-refractivity contribution in [1.82, 2.24) is 0 Å². The zero-order valence-corrected chi connectivity index (χ0v) is 11.7. The second kappa shape index (κ2) is 4.68. The average Bonchev–Trinajstić information content (AvgIpc) is 2.74. The van der Waals surface area contributed by atoms with Crippen LogP contribution in [0.3, 0.4) is 0 Å². The molecule has 0 aromatic heterocycles. The fourth-order valence-electron chi connectivity index (χ4n) is 1.96. The van der Waals surface area contributed by atoms with Gasteiger partial charge in [-0.15, -0.1) is 0 Å². The lowest BCUT2D eigenvalue weighted by Gasteiger charge is -2.00. The predicted molar refractivity (Wildman–Crippen MR) is 76.8 cm³/mol. The molecule has 3 rings (SSSR count). The molecular formula is C15H9BrO4. The molecule has 20 heavy (non-hydrogen) atoms. The molecule has 4 nitrogen and oxygen atoms in total. The molecule has 0 fully saturated rings. The third-order valence-corrected chi connectivity index (χ3v) is 3.49. The van der Waals surface area contributed by atoms with Crippen molar-refractivity contribution in [1.29, 1.82) is 0 Å². The van der Waals surface area contributed by atoms with Crippen molar-refractivity contribution in [2.75, 3.05) is 0 Å². The fraction of sp³-hybridized carbons (Fsp3) is 0. The number of hydrogen-bond acceptors (Lipinski definition) is 4. The lowest BCUT2D eigenvalue weighted by Crippen LogP contribution is -1.98. The van der Waals surface area contributed by atoms with E-state index in [1.807, 2.05) is 24.3 Å². The average molecular weight is 333 g/mol. The van der Waals surface area contributed by atoms with E-state index in [9.17, 15) is 15.0 Å². The van der Waals surface area contributed by atoms with E-state index in [4.69, 9.17) is 4.74 Å². The molecular weight excluding hydrogens is 324 g/mol. The molecule has 0 spiro atoms. The van der Waals surface area contributed by atoms with E-state index in [1.165, 1.54) is 12.1 Å². The Morgan fingerprint density at radius 1 is 1.05 bits per heavy atom. The van der Waals surface area contributed by atoms with Gasteiger partial charge in [-0.25, -0.2) is 0 Å². The Labute approximate surface area is 123 Å². The number of Topliss-reactive ketones (excluding diaryl/α,β-unsaturated/α-hetero) is 1. The highest BCUT2D eigenvalue weighted by Gasteiger charge is 2.31. The smallest absolute Gasteiger partial charge is 0.235 e. The molecule has 2 aromatic rings. The van der Waals surface area contributed by atoms with Crippen molar-refractivity contribution < 1.29 is 19.7 Å². The number of aromatic hydroxyl groups is 2. The van der Waals surface area contributed by atoms with E-state index in [2.05, 4.69) is 15.9 Å². The maximum atomic E-state index is 12.2. The molecule has 2 aromatic carbocycles. The van der Waals surface area contributed by atoms with Gasteiger partial charge in [0.15, 0.2) is 17.3 Å². The number of ketones is 1. The summed E-state index contributed by atoms with van der Waals surface area (Å²) in [7, 11) is 0. The first-order valence-electron chi connectivity index (χ1n) is 5.81. The number of fused-ring (bicyclic) bond motifs is 1. The number of carbonyl (C=O) groups is 1. The summed E-state index contributed by atoms with van der Waals surface area (Å²) < 4.78 is 6.35. The van der Waals surface area contributed by atoms with Gasteiger partial charge >= 0.3 is 0 Å². The van der Waals surface area contributed by atoms with E-state index in [0.717, 1.165) is 10.0 Å². The minimum atomic E-state index is -0.452. The Morgan fingerprint density at radius 3 is 2.45 bits per heavy atom. The van der Waals surface area contributed by atoms with Crippen LogP contribution in [0.15, 0.2) is 46.6 Å². The molecule has 0 bridgehead atoms. The van der Waals surface area contributed by atoms with E-state index < -0.39 is 11.5 Å². The first-order chi connectivity index (χ1) is 9.56. The molecule has 0 atom stereocenters. The van der Waals surface area contributed by atoms with Crippen LogP contribution in [0.4, 0.5) is 0 Å². The number of benzene rings is 2. The van der Waals surface area contributed by atoms with Gasteiger partial charge in [-0.05, 0) is 35.9 Å². The molecule has 0 saturated carbocycles. The second-order valence-corrected chi connectivity index (χ2v) is 5.21. The number of hydrogen-bond donors (Lipinski definition) is 2. The maximum absolute atomic E-state index is 12.2. The molecule has 0 aliphatic carbocycles. The predicted octanol–water partition coefficient (Wildman–Crippen LogP) is 3.48. The fourth-order valence-corrected chi connectivity index (χ4v) is 2.22. The Bertz CT molecular complexity index is 732. The van der Waals surface area contributed by atoms with Gasteiger partial charge in [0.2, 0.25) is 5.78 Å². The summed E-state index contributed by atoms with van der Waals surface area (Å²) in [5, 5.41) is 19.2. The molecule has 2 N–H and O–H groups in total. The highest BCUT2D eigenvalue weighted by molar-refractivity contribution is 9.10. The van der Waals surface area contributed by atoms with Crippen molar-refractivity contribution in [3.63, 3.8) is 0 Å². The topological polar surface area (TPSA) is 66.8 Å². The van der Waals surface area contributed by atoms with Gasteiger partial charge in [-0.3, -0.25) is 4.79 Å². The van der Waals surface area contributed by atoms with Gasteiger partial charge in [0.1, 0.15) is 11.3 Å². The highest BCUT2D eigenvalue weighted by atomic mass is 79.9. The van der Waals surface area contributed by atoms with Crippen LogP contribution in [0.25, 0.3) is 6.08 Å². The Kier molecular flexibility index (Phi) is 2.99. The SMILES string of the molecule is O=C1/C(=C/c2ccc(Br)cc2)Oc2ccc(O)c(O)c21. The summed E-state index contributed by atoms with van der Waals surface area (Å²) in [5.74, 6) is -0.884. The number of halogens is 1. The van der Waals surface area contributed by atoms with Gasteiger partial charge in [0.05, 0.1) is 0 Å². The summed E-state index contributed by atoms with van der Waals surface area (Å²) in [6.07, 6.45) is 1.59. The zero-order chi connectivity index (χ0) is 14.3. The standard InChI is InChI=1S/C15H9BrO4/c16-9-3-1-8(2-4-9)7-12-15(19)13-11(20-12)6-5-10(17)14(13)18/h1-7,17-18H/b12-7-. The number of carbonyl (C=O) groups excluding carboxylic acids is 1. The summed E-state index contributed by atoms with van der Waals surface area (Å²) in [6, 6.07) is 10.1. The molecule has 0 amide bonds. The summed E-state index contributed by atoms with van der Waals surface area (Å²) >= 11 is 3.33. The van der Waals surface area contributed by atoms with E-state index in [1.54, 1.807) is 6.08 Å². The molecule has 0 saturated heterocycles. The van der Waals surface area contributed by atoms with Crippen LogP contribution >= 0.6 is 15.9 Å². The first kappa shape index (κ1) is 12.7. The molecule has 100 valence electrons. The molecule has 5 heteroatoms. The summed E-state index contributed by atoms with van der Waals surface area (Å²) in [4.78, 5) is 12.2. The number of rotatable bonds is 1. The van der Waals surface area contributed by atoms with Crippen LogP contribution in [0, 0.1) is 0 Å². The summed E-state index contributed by atoms with van der Waals surface area (Å²) in [6.45, 7) is 0. The van der Waals surface area contributed by atoms with E-state index in [0.29, 0.717) is 0 Å². The third-order valence-electron chi connectivity index (χ3n) is 2.96. The largest absolute Gasteiger partial charge is 0.504 e. The first-order valence-corrected chi connectivity index (χ1v) is 6.60. The molecule has 0 radical (unpaired) electrons. The quantitative estimate of drug-likeness (QED) is 0.619. The molecule has 1 aliphatic heterocycles. The van der Waals surface area contributed by atoms with Crippen molar-refractivity contribution in [3.8, 4) is 17.2 Å². The molecule has 0 unspecified atom stereocenters. The highest BCUT2D eigenvalue weighted by Crippen LogP contribution is 2.42. The maximum Gasteiger partial charge on any atom is 0.235 e. The third kappa shape index (κ3) is 2.06. The molecule has 1 heterocycles. The minimum Gasteiger partial charge on any atom is -0.504 e. The Morgan fingerprint density at radius 2 is 1.75 bits per heavy atom. The van der Waals surface area contributed by atoms with Gasteiger partial charge in [0, 0.05) is 4.47 Å². The van der Waals surface area contributed by atoms with Gasteiger partial charge in [-0.2, -0.15) is 0 Å². The van der Waals surface area contributed by atoms with Crippen molar-refractivity contribution in [2.45, 2.75) is 0 Å². The summed E-state index contributed by atoms with van der Waals surface area (Å²) in [5.41, 5.74) is 0.793. The van der Waals surface area contributed by atoms with Crippen LogP contribution in [-0.4, -0.2) is 16.0 Å². The second-order valence-electron chi connectivity index (χ2n) is 4.30. The number of phenolic OH excluding ortho intramolecular Hbond substituents is 2. The van der Waals surface area contributed by atoms with Crippen LogP contribution < -0.4 is 4.74 Å². The lowest BCUT2D eigenvalue weighted by atomic mass is 10.1. The monoisotopic (exact) mass is 332 g/mol. The zero-order valence-electron chi connectivity index (χ0n) is 10.1. The minimum absolute atomic E-state index is 0.00615. The molecule has 1 aliphatic rings. The van der Waals surface area contributed by atoms with Crippen LogP contribution in [0.5, 0.6) is 17.2 Å². The van der Waals surface area contributed by atoms with Crippen LogP contribution in [0.2, 0.25) is 0 Å². The van der Waals surface area contributed by atoms with Crippen LogP contribution in [-0.2, 0) is 0 Å². The lowest BCUT2D eigenvalue weighted by molar-refractivity contribution is 0.101. The Balaban J connectivity index is 2.02. The normalized spacial score (nSPS) is 15.2. The van der Waals surface area contributed by atoms with E-state index in [-0.39, 0.29) is 22.8 Å². The number of phenols is 2. The van der Waals surface area contributed by atoms with Gasteiger partial charge < -0.3 is 14.9 Å². The van der Waals surface area contributed by atoms with Crippen molar-refractivity contribution >= 4 is 27.8 Å². The Hall–Kier alpha value is -2.27. The number of allylic oxidation sites excluding steroid dienone is 1.